The molecule has 1 aliphatic rings. The molecular formula is C19H24N2O. The maximum Gasteiger partial charge on any atom is 0.119 e. The summed E-state index contributed by atoms with van der Waals surface area (Å²) in [5, 5.41) is 3.38. The molecule has 0 spiro atoms. The van der Waals surface area contributed by atoms with E-state index in [1.165, 1.54) is 16.8 Å². The van der Waals surface area contributed by atoms with Crippen LogP contribution in [-0.4, -0.2) is 24.6 Å². The number of nitrogens with zero attached hydrogens (tertiary/aromatic N) is 1. The van der Waals surface area contributed by atoms with E-state index in [1.54, 1.807) is 0 Å². The molecular weight excluding hydrogens is 272 g/mol. The summed E-state index contributed by atoms with van der Waals surface area (Å²) in [5.74, 6) is 0.961. The van der Waals surface area contributed by atoms with Gasteiger partial charge in [-0.3, -0.25) is 4.90 Å². The van der Waals surface area contributed by atoms with E-state index in [-0.39, 0.29) is 0 Å². The van der Waals surface area contributed by atoms with Crippen molar-refractivity contribution in [1.82, 2.24) is 4.90 Å². The fourth-order valence-electron chi connectivity index (χ4n) is 2.93. The molecule has 0 radical (unpaired) electrons. The second-order valence-electron chi connectivity index (χ2n) is 5.74. The molecule has 1 aliphatic heterocycles. The first-order valence-corrected chi connectivity index (χ1v) is 8.11. The van der Waals surface area contributed by atoms with Crippen molar-refractivity contribution in [3.05, 3.63) is 59.7 Å². The lowest BCUT2D eigenvalue weighted by molar-refractivity contribution is 0.238. The number of anilines is 1. The highest BCUT2D eigenvalue weighted by Gasteiger charge is 2.18. The summed E-state index contributed by atoms with van der Waals surface area (Å²) in [4.78, 5) is 2.49. The first kappa shape index (κ1) is 14.9. The monoisotopic (exact) mass is 296 g/mol. The molecule has 0 fully saturated rings. The summed E-state index contributed by atoms with van der Waals surface area (Å²) < 4.78 is 5.76. The molecule has 0 amide bonds. The molecule has 1 heterocycles. The van der Waals surface area contributed by atoms with Gasteiger partial charge in [0.25, 0.3) is 0 Å². The summed E-state index contributed by atoms with van der Waals surface area (Å²) in [7, 11) is 0. The summed E-state index contributed by atoms with van der Waals surface area (Å²) >= 11 is 0. The topological polar surface area (TPSA) is 24.5 Å². The Morgan fingerprint density at radius 3 is 2.68 bits per heavy atom. The van der Waals surface area contributed by atoms with Crippen molar-refractivity contribution >= 4 is 5.69 Å². The van der Waals surface area contributed by atoms with Gasteiger partial charge in [-0.1, -0.05) is 24.3 Å². The van der Waals surface area contributed by atoms with E-state index >= 15 is 0 Å². The minimum absolute atomic E-state index is 0.777. The zero-order valence-corrected chi connectivity index (χ0v) is 13.2. The average molecular weight is 296 g/mol. The summed E-state index contributed by atoms with van der Waals surface area (Å²) in [6.07, 6.45) is 1.06. The average Bonchev–Trinajstić information content (AvgIpc) is 2.95. The molecule has 1 N–H and O–H groups in total. The Kier molecular flexibility index (Phi) is 4.96. The van der Waals surface area contributed by atoms with Gasteiger partial charge in [-0.25, -0.2) is 0 Å². The maximum absolute atomic E-state index is 5.76. The molecule has 3 rings (SSSR count). The Morgan fingerprint density at radius 1 is 1.05 bits per heavy atom. The van der Waals surface area contributed by atoms with Crippen molar-refractivity contribution in [2.45, 2.75) is 26.4 Å². The zero-order valence-electron chi connectivity index (χ0n) is 13.2. The number of hydrogen-bond donors (Lipinski definition) is 1. The Morgan fingerprint density at radius 2 is 1.86 bits per heavy atom. The lowest BCUT2D eigenvalue weighted by Gasteiger charge is -2.14. The SMILES string of the molecule is CCNc1ccc2c(c1)CN(CCCOc1ccccc1)C2. The van der Waals surface area contributed by atoms with Crippen LogP contribution in [-0.2, 0) is 13.1 Å². The number of para-hydroxylation sites is 1. The van der Waals surface area contributed by atoms with Crippen LogP contribution in [0.1, 0.15) is 24.5 Å². The van der Waals surface area contributed by atoms with Gasteiger partial charge in [-0.05, 0) is 48.7 Å². The quantitative estimate of drug-likeness (QED) is 0.784. The Balaban J connectivity index is 1.43. The van der Waals surface area contributed by atoms with Crippen LogP contribution in [0.5, 0.6) is 5.75 Å². The van der Waals surface area contributed by atoms with Gasteiger partial charge in [0.15, 0.2) is 0 Å². The summed E-state index contributed by atoms with van der Waals surface area (Å²) in [6.45, 7) is 7.08. The summed E-state index contributed by atoms with van der Waals surface area (Å²) in [6, 6.07) is 16.8. The third-order valence-electron chi connectivity index (χ3n) is 4.01. The van der Waals surface area contributed by atoms with Gasteiger partial charge in [-0.2, -0.15) is 0 Å². The van der Waals surface area contributed by atoms with Crippen LogP contribution in [0.4, 0.5) is 5.69 Å². The normalized spacial score (nSPS) is 13.9. The number of ether oxygens (including phenoxy) is 1. The fourth-order valence-corrected chi connectivity index (χ4v) is 2.93. The minimum atomic E-state index is 0.777. The molecule has 0 saturated carbocycles. The molecule has 2 aromatic rings. The van der Waals surface area contributed by atoms with Crippen LogP contribution in [0.25, 0.3) is 0 Å². The van der Waals surface area contributed by atoms with Crippen LogP contribution in [0.3, 0.4) is 0 Å². The van der Waals surface area contributed by atoms with Crippen LogP contribution >= 0.6 is 0 Å². The standard InChI is InChI=1S/C19H24N2O/c1-2-20-18-10-9-16-14-21(15-17(16)13-18)11-6-12-22-19-7-4-3-5-8-19/h3-5,7-10,13,20H,2,6,11-12,14-15H2,1H3. The second-order valence-corrected chi connectivity index (χ2v) is 5.74. The van der Waals surface area contributed by atoms with Gasteiger partial charge in [0.05, 0.1) is 6.61 Å². The molecule has 2 aromatic carbocycles. The molecule has 0 atom stereocenters. The molecule has 0 saturated heterocycles. The largest absolute Gasteiger partial charge is 0.494 e. The maximum atomic E-state index is 5.76. The number of benzene rings is 2. The molecule has 116 valence electrons. The molecule has 3 nitrogen and oxygen atoms in total. The van der Waals surface area contributed by atoms with Crippen molar-refractivity contribution in [3.63, 3.8) is 0 Å². The third kappa shape index (κ3) is 3.80. The highest BCUT2D eigenvalue weighted by atomic mass is 16.5. The lowest BCUT2D eigenvalue weighted by Crippen LogP contribution is -2.19. The van der Waals surface area contributed by atoms with E-state index in [9.17, 15) is 0 Å². The van der Waals surface area contributed by atoms with E-state index in [0.29, 0.717) is 0 Å². The van der Waals surface area contributed by atoms with Crippen LogP contribution in [0, 0.1) is 0 Å². The van der Waals surface area contributed by atoms with Crippen LogP contribution < -0.4 is 10.1 Å². The van der Waals surface area contributed by atoms with Crippen molar-refractivity contribution in [2.75, 3.05) is 25.0 Å². The number of fused-ring (bicyclic) bond motifs is 1. The van der Waals surface area contributed by atoms with Crippen molar-refractivity contribution in [2.24, 2.45) is 0 Å². The molecule has 0 unspecified atom stereocenters. The molecule has 22 heavy (non-hydrogen) atoms. The zero-order chi connectivity index (χ0) is 15.2. The van der Waals surface area contributed by atoms with Crippen molar-refractivity contribution in [1.29, 1.82) is 0 Å². The first-order valence-electron chi connectivity index (χ1n) is 8.11. The predicted molar refractivity (Wildman–Crippen MR) is 91.3 cm³/mol. The second kappa shape index (κ2) is 7.32. The molecule has 0 bridgehead atoms. The van der Waals surface area contributed by atoms with Crippen LogP contribution in [0.15, 0.2) is 48.5 Å². The lowest BCUT2D eigenvalue weighted by atomic mass is 10.1. The van der Waals surface area contributed by atoms with Gasteiger partial charge in [0.2, 0.25) is 0 Å². The fraction of sp³-hybridized carbons (Fsp3) is 0.368. The van der Waals surface area contributed by atoms with Gasteiger partial charge in [0.1, 0.15) is 5.75 Å². The predicted octanol–water partition coefficient (Wildman–Crippen LogP) is 3.90. The van der Waals surface area contributed by atoms with E-state index < -0.39 is 0 Å². The Labute approximate surface area is 132 Å². The van der Waals surface area contributed by atoms with E-state index in [4.69, 9.17) is 4.74 Å². The van der Waals surface area contributed by atoms with Gasteiger partial charge in [0, 0.05) is 31.9 Å². The molecule has 0 aliphatic carbocycles. The smallest absolute Gasteiger partial charge is 0.119 e. The van der Waals surface area contributed by atoms with Gasteiger partial charge >= 0.3 is 0 Å². The Hall–Kier alpha value is -2.00. The number of hydrogen-bond acceptors (Lipinski definition) is 3. The highest BCUT2D eigenvalue weighted by molar-refractivity contribution is 5.49. The Bertz CT molecular complexity index is 598. The number of nitrogens with one attached hydrogen (secondary N) is 1. The van der Waals surface area contributed by atoms with Gasteiger partial charge < -0.3 is 10.1 Å². The van der Waals surface area contributed by atoms with E-state index in [0.717, 1.165) is 45.0 Å². The first-order chi connectivity index (χ1) is 10.8. The van der Waals surface area contributed by atoms with E-state index in [1.807, 2.05) is 30.3 Å². The molecule has 0 aromatic heterocycles. The molecule has 3 heteroatoms. The highest BCUT2D eigenvalue weighted by Crippen LogP contribution is 2.25. The van der Waals surface area contributed by atoms with Crippen molar-refractivity contribution < 1.29 is 4.74 Å². The third-order valence-corrected chi connectivity index (χ3v) is 4.01. The van der Waals surface area contributed by atoms with Gasteiger partial charge in [-0.15, -0.1) is 0 Å². The number of rotatable bonds is 7. The van der Waals surface area contributed by atoms with Crippen molar-refractivity contribution in [3.8, 4) is 5.75 Å². The minimum Gasteiger partial charge on any atom is -0.494 e. The van der Waals surface area contributed by atoms with Crippen LogP contribution in [0.2, 0.25) is 0 Å². The summed E-state index contributed by atoms with van der Waals surface area (Å²) in [5.41, 5.74) is 4.16. The van der Waals surface area contributed by atoms with E-state index in [2.05, 4.69) is 35.3 Å².